The van der Waals surface area contributed by atoms with Crippen LogP contribution in [0.25, 0.3) is 16.8 Å². The van der Waals surface area contributed by atoms with Gasteiger partial charge in [-0.25, -0.2) is 0 Å². The molecule has 0 fully saturated rings. The largest absolute Gasteiger partial charge is 0.507 e. The van der Waals surface area contributed by atoms with E-state index in [1.807, 2.05) is 12.1 Å². The first-order valence-electron chi connectivity index (χ1n) is 11.9. The van der Waals surface area contributed by atoms with Crippen molar-refractivity contribution in [3.05, 3.63) is 76.9 Å². The molecule has 0 heterocycles. The second-order valence-corrected chi connectivity index (χ2v) is 9.57. The molecule has 3 nitrogen and oxygen atoms in total. The minimum atomic E-state index is -1.01. The molecule has 0 aromatic heterocycles. The summed E-state index contributed by atoms with van der Waals surface area (Å²) in [4.78, 5) is 0. The highest BCUT2D eigenvalue weighted by molar-refractivity contribution is 5.95. The third kappa shape index (κ3) is 8.94. The van der Waals surface area contributed by atoms with Crippen LogP contribution in [0.4, 0.5) is 0 Å². The molecule has 0 radical (unpaired) electrons. The van der Waals surface area contributed by atoms with Crippen molar-refractivity contribution in [2.75, 3.05) is 0 Å². The van der Waals surface area contributed by atoms with Crippen LogP contribution in [0, 0.1) is 0 Å². The van der Waals surface area contributed by atoms with Gasteiger partial charge in [0.15, 0.2) is 0 Å². The SMILES string of the molecule is CC(C)=CCCC(C)=CCCC(C)=CCCC(C)(O)/C=C/c1cc(O)c2ccccc2c1O. The fourth-order valence-corrected chi connectivity index (χ4v) is 3.79. The third-order valence-electron chi connectivity index (χ3n) is 5.91. The van der Waals surface area contributed by atoms with Crippen molar-refractivity contribution in [2.45, 2.75) is 78.7 Å². The summed E-state index contributed by atoms with van der Waals surface area (Å²) in [6.45, 7) is 10.4. The molecular weight excluding hydrogens is 408 g/mol. The average molecular weight is 449 g/mol. The van der Waals surface area contributed by atoms with Crippen molar-refractivity contribution in [1.82, 2.24) is 0 Å². The smallest absolute Gasteiger partial charge is 0.130 e. The van der Waals surface area contributed by atoms with Crippen molar-refractivity contribution in [3.63, 3.8) is 0 Å². The van der Waals surface area contributed by atoms with Gasteiger partial charge in [0.1, 0.15) is 11.5 Å². The highest BCUT2D eigenvalue weighted by Gasteiger charge is 2.16. The Hall–Kier alpha value is -2.78. The first kappa shape index (κ1) is 26.5. The molecule has 0 bridgehead atoms. The molecule has 2 aromatic rings. The van der Waals surface area contributed by atoms with Gasteiger partial charge in [-0.05, 0) is 79.2 Å². The number of hydrogen-bond acceptors (Lipinski definition) is 3. The van der Waals surface area contributed by atoms with Gasteiger partial charge in [0.2, 0.25) is 0 Å². The normalized spacial score (nSPS) is 14.6. The second kappa shape index (κ2) is 12.5. The molecule has 0 amide bonds. The van der Waals surface area contributed by atoms with Gasteiger partial charge in [0, 0.05) is 16.3 Å². The molecule has 0 aliphatic heterocycles. The number of aromatic hydroxyl groups is 2. The average Bonchev–Trinajstić information content (AvgIpc) is 2.75. The van der Waals surface area contributed by atoms with Crippen molar-refractivity contribution in [2.24, 2.45) is 0 Å². The lowest BCUT2D eigenvalue weighted by Gasteiger charge is -2.18. The maximum atomic E-state index is 10.8. The van der Waals surface area contributed by atoms with E-state index >= 15 is 0 Å². The molecule has 0 aliphatic rings. The van der Waals surface area contributed by atoms with Crippen molar-refractivity contribution in [1.29, 1.82) is 0 Å². The molecule has 3 N–H and O–H groups in total. The number of hydrogen-bond donors (Lipinski definition) is 3. The molecular formula is C30H40O3. The Morgan fingerprint density at radius 1 is 0.848 bits per heavy atom. The molecule has 178 valence electrons. The minimum Gasteiger partial charge on any atom is -0.507 e. The summed E-state index contributed by atoms with van der Waals surface area (Å²) in [5.41, 5.74) is 3.63. The number of fused-ring (bicyclic) bond motifs is 1. The zero-order valence-electron chi connectivity index (χ0n) is 20.9. The van der Waals surface area contributed by atoms with Gasteiger partial charge >= 0.3 is 0 Å². The van der Waals surface area contributed by atoms with Gasteiger partial charge in [0.25, 0.3) is 0 Å². The summed E-state index contributed by atoms with van der Waals surface area (Å²) >= 11 is 0. The molecule has 3 heteroatoms. The second-order valence-electron chi connectivity index (χ2n) is 9.57. The third-order valence-corrected chi connectivity index (χ3v) is 5.91. The Labute approximate surface area is 199 Å². The lowest BCUT2D eigenvalue weighted by Crippen LogP contribution is -2.19. The van der Waals surface area contributed by atoms with E-state index in [-0.39, 0.29) is 11.5 Å². The number of phenolic OH excluding ortho intramolecular Hbond substituents is 2. The Kier molecular flexibility index (Phi) is 9.99. The van der Waals surface area contributed by atoms with E-state index in [0.717, 1.165) is 32.1 Å². The van der Waals surface area contributed by atoms with Crippen molar-refractivity contribution < 1.29 is 15.3 Å². The van der Waals surface area contributed by atoms with Crippen LogP contribution in [0.2, 0.25) is 0 Å². The van der Waals surface area contributed by atoms with E-state index in [9.17, 15) is 15.3 Å². The topological polar surface area (TPSA) is 60.7 Å². The van der Waals surface area contributed by atoms with Gasteiger partial charge in [-0.1, -0.05) is 71.4 Å². The molecule has 0 saturated carbocycles. The van der Waals surface area contributed by atoms with Crippen LogP contribution in [0.1, 0.15) is 78.7 Å². The van der Waals surface area contributed by atoms with Crippen LogP contribution >= 0.6 is 0 Å². The Balaban J connectivity index is 1.89. The van der Waals surface area contributed by atoms with Gasteiger partial charge < -0.3 is 15.3 Å². The lowest BCUT2D eigenvalue weighted by atomic mass is 9.96. The standard InChI is InChI=1S/C30H40O3/c1-22(2)11-8-12-23(3)13-9-14-24(4)15-10-19-30(5,33)20-18-25-21-28(31)26-16-6-7-17-27(26)29(25)32/h6-7,11,13,15-18,20-21,31-33H,8-10,12,14,19H2,1-5H3/b20-18+,23-13?,24-15?. The number of benzene rings is 2. The Morgan fingerprint density at radius 2 is 1.42 bits per heavy atom. The van der Waals surface area contributed by atoms with Gasteiger partial charge in [-0.2, -0.15) is 0 Å². The van der Waals surface area contributed by atoms with E-state index in [1.165, 1.54) is 22.8 Å². The summed E-state index contributed by atoms with van der Waals surface area (Å²) in [5, 5.41) is 32.8. The summed E-state index contributed by atoms with van der Waals surface area (Å²) in [7, 11) is 0. The van der Waals surface area contributed by atoms with Gasteiger partial charge in [0.05, 0.1) is 5.60 Å². The van der Waals surface area contributed by atoms with Gasteiger partial charge in [-0.15, -0.1) is 0 Å². The monoisotopic (exact) mass is 448 g/mol. The summed E-state index contributed by atoms with van der Waals surface area (Å²) in [6, 6.07) is 8.71. The predicted molar refractivity (Wildman–Crippen MR) is 142 cm³/mol. The molecule has 2 aromatic carbocycles. The maximum absolute atomic E-state index is 10.8. The maximum Gasteiger partial charge on any atom is 0.130 e. The van der Waals surface area contributed by atoms with Gasteiger partial charge in [-0.3, -0.25) is 0 Å². The zero-order valence-corrected chi connectivity index (χ0v) is 20.9. The number of allylic oxidation sites excluding steroid dienone is 6. The summed E-state index contributed by atoms with van der Waals surface area (Å²) < 4.78 is 0. The highest BCUT2D eigenvalue weighted by Crippen LogP contribution is 2.36. The molecule has 1 unspecified atom stereocenters. The van der Waals surface area contributed by atoms with E-state index in [4.69, 9.17) is 0 Å². The Morgan fingerprint density at radius 3 is 2.06 bits per heavy atom. The zero-order chi connectivity index (χ0) is 24.4. The summed E-state index contributed by atoms with van der Waals surface area (Å²) in [6.07, 6.45) is 15.9. The highest BCUT2D eigenvalue weighted by atomic mass is 16.3. The van der Waals surface area contributed by atoms with Crippen LogP contribution in [0.5, 0.6) is 11.5 Å². The lowest BCUT2D eigenvalue weighted by molar-refractivity contribution is 0.104. The van der Waals surface area contributed by atoms with Crippen molar-refractivity contribution in [3.8, 4) is 11.5 Å². The fourth-order valence-electron chi connectivity index (χ4n) is 3.79. The van der Waals surface area contributed by atoms with E-state index < -0.39 is 5.60 Å². The van der Waals surface area contributed by atoms with Crippen LogP contribution in [-0.4, -0.2) is 20.9 Å². The van der Waals surface area contributed by atoms with Crippen LogP contribution in [0.3, 0.4) is 0 Å². The van der Waals surface area contributed by atoms with E-state index in [2.05, 4.69) is 45.9 Å². The first-order valence-corrected chi connectivity index (χ1v) is 11.9. The first-order chi connectivity index (χ1) is 15.6. The van der Waals surface area contributed by atoms with E-state index in [1.54, 1.807) is 31.2 Å². The van der Waals surface area contributed by atoms with Crippen LogP contribution in [-0.2, 0) is 0 Å². The molecule has 0 spiro atoms. The van der Waals surface area contributed by atoms with E-state index in [0.29, 0.717) is 22.8 Å². The molecule has 1 atom stereocenters. The molecule has 0 aliphatic carbocycles. The fraction of sp³-hybridized carbons (Fsp3) is 0.400. The summed E-state index contributed by atoms with van der Waals surface area (Å²) in [5.74, 6) is 0.220. The number of rotatable bonds is 11. The van der Waals surface area contributed by atoms with Crippen LogP contribution in [0.15, 0.2) is 71.4 Å². The molecule has 2 rings (SSSR count). The minimum absolute atomic E-state index is 0.107. The quantitative estimate of drug-likeness (QED) is 0.240. The number of aliphatic hydroxyl groups is 1. The van der Waals surface area contributed by atoms with Crippen LogP contribution < -0.4 is 0 Å². The number of phenols is 2. The Bertz CT molecular complexity index is 1050. The predicted octanol–water partition coefficient (Wildman–Crippen LogP) is 8.21. The molecule has 0 saturated heterocycles. The van der Waals surface area contributed by atoms with Crippen molar-refractivity contribution >= 4 is 16.8 Å². The molecule has 33 heavy (non-hydrogen) atoms.